The zero-order valence-corrected chi connectivity index (χ0v) is 10.7. The second-order valence-electron chi connectivity index (χ2n) is 4.06. The van der Waals surface area contributed by atoms with Crippen molar-refractivity contribution in [3.63, 3.8) is 0 Å². The predicted molar refractivity (Wildman–Crippen MR) is 65.9 cm³/mol. The summed E-state index contributed by atoms with van der Waals surface area (Å²) in [6.45, 7) is 2.77. The van der Waals surface area contributed by atoms with E-state index in [9.17, 15) is 8.42 Å². The lowest BCUT2D eigenvalue weighted by atomic mass is 10.2. The molecule has 17 heavy (non-hydrogen) atoms. The third-order valence-electron chi connectivity index (χ3n) is 2.75. The largest absolute Gasteiger partial charge is 0.356 e. The van der Waals surface area contributed by atoms with Gasteiger partial charge in [-0.2, -0.15) is 4.31 Å². The maximum Gasteiger partial charge on any atom is 0.216 e. The van der Waals surface area contributed by atoms with Crippen LogP contribution in [0.15, 0.2) is 30.3 Å². The molecule has 5 heteroatoms. The minimum atomic E-state index is -3.20. The summed E-state index contributed by atoms with van der Waals surface area (Å²) in [5, 5.41) is 0. The van der Waals surface area contributed by atoms with Gasteiger partial charge in [-0.3, -0.25) is 0 Å². The summed E-state index contributed by atoms with van der Waals surface area (Å²) in [6, 6.07) is 9.47. The minimum absolute atomic E-state index is 0.180. The van der Waals surface area contributed by atoms with Crippen molar-refractivity contribution in [1.82, 2.24) is 4.31 Å². The molecule has 1 aromatic carbocycles. The molecule has 0 aliphatic carbocycles. The monoisotopic (exact) mass is 255 g/mol. The van der Waals surface area contributed by atoms with Crippen molar-refractivity contribution < 1.29 is 13.2 Å². The first-order valence-electron chi connectivity index (χ1n) is 5.81. The molecule has 0 aromatic heterocycles. The van der Waals surface area contributed by atoms with Crippen LogP contribution in [0.3, 0.4) is 0 Å². The van der Waals surface area contributed by atoms with Crippen LogP contribution >= 0.6 is 0 Å². The predicted octanol–water partition coefficient (Wildman–Crippen LogP) is 1.76. The first-order valence-corrected chi connectivity index (χ1v) is 7.42. The molecule has 1 aliphatic heterocycles. The first kappa shape index (κ1) is 12.5. The number of hydrogen-bond acceptors (Lipinski definition) is 3. The highest BCUT2D eigenvalue weighted by Crippen LogP contribution is 2.29. The average molecular weight is 255 g/mol. The summed E-state index contributed by atoms with van der Waals surface area (Å²) in [6.07, 6.45) is 0.174. The van der Waals surface area contributed by atoms with Gasteiger partial charge in [0, 0.05) is 6.54 Å². The minimum Gasteiger partial charge on any atom is -0.356 e. The standard InChI is InChI=1S/C12H17NO3S/c1-2-10-17(14,15)13-8-9-16-12(13)11-6-4-3-5-7-11/h3-7,12H,2,8-10H2,1H3. The molecular formula is C12H17NO3S. The van der Waals surface area contributed by atoms with E-state index in [0.717, 1.165) is 5.56 Å². The van der Waals surface area contributed by atoms with E-state index >= 15 is 0 Å². The van der Waals surface area contributed by atoms with Gasteiger partial charge in [0.2, 0.25) is 10.0 Å². The van der Waals surface area contributed by atoms with Gasteiger partial charge >= 0.3 is 0 Å². The van der Waals surface area contributed by atoms with Crippen LogP contribution in [0.2, 0.25) is 0 Å². The fraction of sp³-hybridized carbons (Fsp3) is 0.500. The molecule has 2 rings (SSSR count). The molecule has 1 saturated heterocycles. The summed E-state index contributed by atoms with van der Waals surface area (Å²) in [5.41, 5.74) is 0.893. The fourth-order valence-corrected chi connectivity index (χ4v) is 3.57. The van der Waals surface area contributed by atoms with Gasteiger partial charge in [0.1, 0.15) is 6.23 Å². The van der Waals surface area contributed by atoms with Gasteiger partial charge in [-0.25, -0.2) is 8.42 Å². The van der Waals surface area contributed by atoms with E-state index in [-0.39, 0.29) is 5.75 Å². The second-order valence-corrected chi connectivity index (χ2v) is 6.10. The van der Waals surface area contributed by atoms with Crippen molar-refractivity contribution in [2.75, 3.05) is 18.9 Å². The van der Waals surface area contributed by atoms with Crippen molar-refractivity contribution >= 4 is 10.0 Å². The number of hydrogen-bond donors (Lipinski definition) is 0. The average Bonchev–Trinajstić information content (AvgIpc) is 2.79. The van der Waals surface area contributed by atoms with Gasteiger partial charge in [0.05, 0.1) is 12.4 Å². The molecule has 1 aromatic rings. The lowest BCUT2D eigenvalue weighted by Crippen LogP contribution is -2.32. The molecule has 0 N–H and O–H groups in total. The molecule has 1 heterocycles. The Hall–Kier alpha value is -0.910. The Morgan fingerprint density at radius 2 is 2.06 bits per heavy atom. The van der Waals surface area contributed by atoms with E-state index in [4.69, 9.17) is 4.74 Å². The second kappa shape index (κ2) is 5.16. The van der Waals surface area contributed by atoms with Crippen LogP contribution in [0.1, 0.15) is 25.1 Å². The van der Waals surface area contributed by atoms with Gasteiger partial charge in [0.25, 0.3) is 0 Å². The van der Waals surface area contributed by atoms with Crippen molar-refractivity contribution in [3.8, 4) is 0 Å². The molecule has 0 radical (unpaired) electrons. The van der Waals surface area contributed by atoms with Crippen molar-refractivity contribution in [3.05, 3.63) is 35.9 Å². The quantitative estimate of drug-likeness (QED) is 0.823. The summed E-state index contributed by atoms with van der Waals surface area (Å²) >= 11 is 0. The van der Waals surface area contributed by atoms with Crippen LogP contribution < -0.4 is 0 Å². The molecule has 1 fully saturated rings. The third-order valence-corrected chi connectivity index (χ3v) is 4.77. The van der Waals surface area contributed by atoms with Crippen LogP contribution in [-0.4, -0.2) is 31.6 Å². The Bertz CT molecular complexity index is 458. The van der Waals surface area contributed by atoms with Crippen LogP contribution in [0.25, 0.3) is 0 Å². The van der Waals surface area contributed by atoms with E-state index in [1.54, 1.807) is 0 Å². The summed E-state index contributed by atoms with van der Waals surface area (Å²) in [5.74, 6) is 0.180. The van der Waals surface area contributed by atoms with E-state index in [1.807, 2.05) is 37.3 Å². The van der Waals surface area contributed by atoms with E-state index in [0.29, 0.717) is 19.6 Å². The van der Waals surface area contributed by atoms with Gasteiger partial charge < -0.3 is 4.74 Å². The molecule has 1 unspecified atom stereocenters. The molecule has 94 valence electrons. The Kier molecular flexibility index (Phi) is 3.81. The van der Waals surface area contributed by atoms with Gasteiger partial charge in [-0.15, -0.1) is 0 Å². The van der Waals surface area contributed by atoms with E-state index in [2.05, 4.69) is 0 Å². The fourth-order valence-electron chi connectivity index (χ4n) is 2.00. The topological polar surface area (TPSA) is 46.6 Å². The Labute approximate surface area is 102 Å². The first-order chi connectivity index (χ1) is 8.15. The number of nitrogens with zero attached hydrogens (tertiary/aromatic N) is 1. The molecule has 0 spiro atoms. The number of sulfonamides is 1. The van der Waals surface area contributed by atoms with Crippen LogP contribution in [0.5, 0.6) is 0 Å². The van der Waals surface area contributed by atoms with E-state index < -0.39 is 16.3 Å². The molecule has 1 atom stereocenters. The zero-order valence-electron chi connectivity index (χ0n) is 9.87. The Balaban J connectivity index is 2.24. The molecule has 0 amide bonds. The zero-order chi connectivity index (χ0) is 12.3. The van der Waals surface area contributed by atoms with Gasteiger partial charge in [-0.05, 0) is 12.0 Å². The van der Waals surface area contributed by atoms with Gasteiger partial charge in [-0.1, -0.05) is 37.3 Å². The molecule has 1 aliphatic rings. The maximum atomic E-state index is 12.1. The van der Waals surface area contributed by atoms with Gasteiger partial charge in [0.15, 0.2) is 0 Å². The molecule has 0 bridgehead atoms. The Morgan fingerprint density at radius 3 is 2.71 bits per heavy atom. The Morgan fingerprint density at radius 1 is 1.35 bits per heavy atom. The number of ether oxygens (including phenoxy) is 1. The highest BCUT2D eigenvalue weighted by atomic mass is 32.2. The van der Waals surface area contributed by atoms with Crippen molar-refractivity contribution in [1.29, 1.82) is 0 Å². The molecule has 0 saturated carbocycles. The van der Waals surface area contributed by atoms with Crippen LogP contribution in [0, 0.1) is 0 Å². The van der Waals surface area contributed by atoms with E-state index in [1.165, 1.54) is 4.31 Å². The lowest BCUT2D eigenvalue weighted by molar-refractivity contribution is 0.0683. The number of benzene rings is 1. The maximum absolute atomic E-state index is 12.1. The smallest absolute Gasteiger partial charge is 0.216 e. The normalized spacial score (nSPS) is 21.8. The van der Waals surface area contributed by atoms with Crippen LogP contribution in [0.4, 0.5) is 0 Å². The highest BCUT2D eigenvalue weighted by Gasteiger charge is 2.35. The molecular weight excluding hydrogens is 238 g/mol. The van der Waals surface area contributed by atoms with Crippen LogP contribution in [-0.2, 0) is 14.8 Å². The summed E-state index contributed by atoms with van der Waals surface area (Å²) in [7, 11) is -3.20. The van der Waals surface area contributed by atoms with Crippen molar-refractivity contribution in [2.24, 2.45) is 0 Å². The SMILES string of the molecule is CCCS(=O)(=O)N1CCOC1c1ccccc1. The molecule has 4 nitrogen and oxygen atoms in total. The highest BCUT2D eigenvalue weighted by molar-refractivity contribution is 7.89. The third kappa shape index (κ3) is 2.68. The van der Waals surface area contributed by atoms with Crippen molar-refractivity contribution in [2.45, 2.75) is 19.6 Å². The lowest BCUT2D eigenvalue weighted by Gasteiger charge is -2.22. The summed E-state index contributed by atoms with van der Waals surface area (Å²) < 4.78 is 31.1. The number of rotatable bonds is 4. The summed E-state index contributed by atoms with van der Waals surface area (Å²) in [4.78, 5) is 0.